The number of ketones is 3. The van der Waals surface area contributed by atoms with E-state index in [2.05, 4.69) is 0 Å². The molecule has 1 N–H and O–H groups in total. The summed E-state index contributed by atoms with van der Waals surface area (Å²) < 4.78 is 5.00. The summed E-state index contributed by atoms with van der Waals surface area (Å²) in [5, 5.41) is 8.99. The van der Waals surface area contributed by atoms with Gasteiger partial charge < -0.3 is 14.6 Å². The van der Waals surface area contributed by atoms with Crippen LogP contribution < -0.4 is 0 Å². The highest BCUT2D eigenvalue weighted by Gasteiger charge is 2.21. The van der Waals surface area contributed by atoms with E-state index >= 15 is 0 Å². The van der Waals surface area contributed by atoms with Gasteiger partial charge in [0.05, 0.1) is 5.92 Å². The van der Waals surface area contributed by atoms with Gasteiger partial charge in [0.25, 0.3) is 0 Å². The molecule has 0 radical (unpaired) electrons. The third-order valence-corrected chi connectivity index (χ3v) is 3.00. The molecule has 1 atom stereocenters. The van der Waals surface area contributed by atoms with Crippen LogP contribution in [0.15, 0.2) is 0 Å². The van der Waals surface area contributed by atoms with Gasteiger partial charge in [0.2, 0.25) is 0 Å². The topological polar surface area (TPSA) is 97.7 Å². The van der Waals surface area contributed by atoms with Crippen molar-refractivity contribution < 1.29 is 29.0 Å². The fourth-order valence-electron chi connectivity index (χ4n) is 1.75. The van der Waals surface area contributed by atoms with Crippen LogP contribution in [0.1, 0.15) is 52.4 Å². The summed E-state index contributed by atoms with van der Waals surface area (Å²) >= 11 is 0. The third kappa shape index (κ3) is 10.8. The van der Waals surface area contributed by atoms with Crippen molar-refractivity contribution in [2.75, 3.05) is 13.2 Å². The summed E-state index contributed by atoms with van der Waals surface area (Å²) in [6.45, 7) is 2.98. The van der Waals surface area contributed by atoms with E-state index in [4.69, 9.17) is 9.84 Å². The quantitative estimate of drug-likeness (QED) is 0.557. The molecule has 6 heteroatoms. The van der Waals surface area contributed by atoms with E-state index in [1.165, 1.54) is 6.92 Å². The molecule has 0 saturated carbocycles. The summed E-state index contributed by atoms with van der Waals surface area (Å²) in [6, 6.07) is 0. The van der Waals surface area contributed by atoms with Crippen molar-refractivity contribution in [2.45, 2.75) is 52.4 Å². The zero-order valence-electron chi connectivity index (χ0n) is 12.7. The van der Waals surface area contributed by atoms with Crippen LogP contribution in [0.5, 0.6) is 0 Å². The number of hydrogen-bond acceptors (Lipinski definition) is 5. The number of aliphatic carboxylic acids is 1. The normalized spacial score (nSPS) is 11.9. The lowest BCUT2D eigenvalue weighted by Crippen LogP contribution is -2.22. The first-order chi connectivity index (χ1) is 9.86. The second-order valence-corrected chi connectivity index (χ2v) is 5.15. The number of rotatable bonds is 13. The molecule has 0 saturated heterocycles. The lowest BCUT2D eigenvalue weighted by atomic mass is 9.96. The smallest absolute Gasteiger partial charge is 0.306 e. The number of carboxylic acids is 1. The molecule has 0 aliphatic rings. The average Bonchev–Trinajstić information content (AvgIpc) is 2.40. The van der Waals surface area contributed by atoms with Crippen LogP contribution in [-0.4, -0.2) is 41.6 Å². The fourth-order valence-corrected chi connectivity index (χ4v) is 1.75. The molecule has 6 nitrogen and oxygen atoms in total. The van der Waals surface area contributed by atoms with Gasteiger partial charge in [-0.1, -0.05) is 13.3 Å². The van der Waals surface area contributed by atoms with E-state index in [0.717, 1.165) is 12.8 Å². The number of hydrogen-bond donors (Lipinski definition) is 1. The van der Waals surface area contributed by atoms with Crippen molar-refractivity contribution in [1.82, 2.24) is 0 Å². The van der Waals surface area contributed by atoms with Gasteiger partial charge in [0, 0.05) is 19.3 Å². The third-order valence-electron chi connectivity index (χ3n) is 3.00. The Kier molecular flexibility index (Phi) is 10.3. The zero-order chi connectivity index (χ0) is 16.3. The first kappa shape index (κ1) is 19.4. The van der Waals surface area contributed by atoms with Crippen LogP contribution in [0.2, 0.25) is 0 Å². The predicted octanol–water partition coefficient (Wildman–Crippen LogP) is 1.79. The van der Waals surface area contributed by atoms with E-state index in [0.29, 0.717) is 6.42 Å². The lowest BCUT2D eigenvalue weighted by Gasteiger charge is -2.10. The molecule has 0 unspecified atom stereocenters. The maximum absolute atomic E-state index is 11.6. The molecule has 0 aliphatic carbocycles. The molecule has 0 aromatic rings. The van der Waals surface area contributed by atoms with E-state index < -0.39 is 11.9 Å². The summed E-state index contributed by atoms with van der Waals surface area (Å²) in [6.07, 6.45) is 2.25. The van der Waals surface area contributed by atoms with Gasteiger partial charge in [-0.2, -0.15) is 0 Å². The Morgan fingerprint density at radius 3 is 2.19 bits per heavy atom. The Hall–Kier alpha value is -1.56. The molecule has 0 heterocycles. The van der Waals surface area contributed by atoms with Gasteiger partial charge in [-0.05, 0) is 19.8 Å². The molecule has 0 rings (SSSR count). The minimum Gasteiger partial charge on any atom is -0.481 e. The zero-order valence-corrected chi connectivity index (χ0v) is 12.7. The average molecular weight is 300 g/mol. The first-order valence-corrected chi connectivity index (χ1v) is 7.20. The highest BCUT2D eigenvalue weighted by molar-refractivity contribution is 5.85. The molecule has 120 valence electrons. The van der Waals surface area contributed by atoms with Crippen molar-refractivity contribution >= 4 is 23.3 Å². The fraction of sp³-hybridized carbons (Fsp3) is 0.733. The predicted molar refractivity (Wildman–Crippen MR) is 76.0 cm³/mol. The van der Waals surface area contributed by atoms with Gasteiger partial charge in [0.15, 0.2) is 11.6 Å². The molecule has 0 amide bonds. The van der Waals surface area contributed by atoms with Crippen molar-refractivity contribution in [3.8, 4) is 0 Å². The van der Waals surface area contributed by atoms with Gasteiger partial charge >= 0.3 is 5.97 Å². The molecule has 21 heavy (non-hydrogen) atoms. The maximum Gasteiger partial charge on any atom is 0.306 e. The highest BCUT2D eigenvalue weighted by atomic mass is 16.5. The number of Topliss-reactive ketones (excluding diaryl/α,β-unsaturated/α-hetero) is 3. The Balaban J connectivity index is 4.00. The van der Waals surface area contributed by atoms with Crippen molar-refractivity contribution in [2.24, 2.45) is 5.92 Å². The van der Waals surface area contributed by atoms with Crippen LogP contribution in [0.4, 0.5) is 0 Å². The summed E-state index contributed by atoms with van der Waals surface area (Å²) in [5.41, 5.74) is 0. The number of carboxylic acid groups (broad SMARTS) is 1. The molecule has 0 aliphatic heterocycles. The molecule has 0 bridgehead atoms. The van der Waals surface area contributed by atoms with Crippen LogP contribution in [0.25, 0.3) is 0 Å². The minimum absolute atomic E-state index is 0.0592. The minimum atomic E-state index is -1.09. The van der Waals surface area contributed by atoms with Crippen molar-refractivity contribution in [3.05, 3.63) is 0 Å². The second kappa shape index (κ2) is 11.1. The number of unbranched alkanes of at least 4 members (excludes halogenated alkanes) is 1. The maximum atomic E-state index is 11.6. The SMILES string of the molecule is CCCCC(=O)COCC(=O)C[C@@H](CCC(C)=O)C(=O)O. The van der Waals surface area contributed by atoms with Crippen molar-refractivity contribution in [1.29, 1.82) is 0 Å². The van der Waals surface area contributed by atoms with Crippen molar-refractivity contribution in [3.63, 3.8) is 0 Å². The molecular weight excluding hydrogens is 276 g/mol. The van der Waals surface area contributed by atoms with Gasteiger partial charge in [-0.25, -0.2) is 0 Å². The molecule has 0 aromatic carbocycles. The first-order valence-electron chi connectivity index (χ1n) is 7.20. The monoisotopic (exact) mass is 300 g/mol. The standard InChI is InChI=1S/C15H24O6/c1-3-4-5-13(17)9-21-10-14(18)8-12(15(19)20)7-6-11(2)16/h12H,3-10H2,1-2H3,(H,19,20)/t12-/m1/s1. The Labute approximate surface area is 124 Å². The van der Waals surface area contributed by atoms with E-state index in [9.17, 15) is 19.2 Å². The van der Waals surface area contributed by atoms with Gasteiger partial charge in [-0.3, -0.25) is 14.4 Å². The summed E-state index contributed by atoms with van der Waals surface area (Å²) in [5.74, 6) is -2.50. The van der Waals surface area contributed by atoms with Gasteiger partial charge in [-0.15, -0.1) is 0 Å². The van der Waals surface area contributed by atoms with Crippen LogP contribution in [0.3, 0.4) is 0 Å². The largest absolute Gasteiger partial charge is 0.481 e. The Morgan fingerprint density at radius 1 is 1.05 bits per heavy atom. The van der Waals surface area contributed by atoms with Crippen LogP contribution in [-0.2, 0) is 23.9 Å². The summed E-state index contributed by atoms with van der Waals surface area (Å²) in [4.78, 5) is 44.8. The van der Waals surface area contributed by atoms with E-state index in [1.54, 1.807) is 0 Å². The molecule has 0 aromatic heterocycles. The molecule has 0 fully saturated rings. The van der Waals surface area contributed by atoms with E-state index in [1.807, 2.05) is 6.92 Å². The molecular formula is C15H24O6. The number of ether oxygens (including phenoxy) is 1. The van der Waals surface area contributed by atoms with Gasteiger partial charge in [0.1, 0.15) is 19.0 Å². The summed E-state index contributed by atoms with van der Waals surface area (Å²) in [7, 11) is 0. The second-order valence-electron chi connectivity index (χ2n) is 5.15. The lowest BCUT2D eigenvalue weighted by molar-refractivity contribution is -0.145. The van der Waals surface area contributed by atoms with Crippen LogP contribution in [0, 0.1) is 5.92 Å². The number of carbonyl (C=O) groups excluding carboxylic acids is 3. The molecule has 0 spiro atoms. The van der Waals surface area contributed by atoms with E-state index in [-0.39, 0.29) is 49.8 Å². The van der Waals surface area contributed by atoms with Crippen LogP contribution >= 0.6 is 0 Å². The highest BCUT2D eigenvalue weighted by Crippen LogP contribution is 2.13. The number of carbonyl (C=O) groups is 4. The Morgan fingerprint density at radius 2 is 1.67 bits per heavy atom. The Bertz CT molecular complexity index is 374.